The molecule has 1 atom stereocenters. The average Bonchev–Trinajstić information content (AvgIpc) is 2.88. The maximum Gasteiger partial charge on any atom is 0.279 e. The van der Waals surface area contributed by atoms with Gasteiger partial charge in [0, 0.05) is 9.90 Å². The molecule has 0 saturated heterocycles. The highest BCUT2D eigenvalue weighted by Gasteiger charge is 2.23. The predicted molar refractivity (Wildman–Crippen MR) is 93.4 cm³/mol. The van der Waals surface area contributed by atoms with Gasteiger partial charge in [-0.25, -0.2) is 4.68 Å². The lowest BCUT2D eigenvalue weighted by atomic mass is 9.89. The lowest BCUT2D eigenvalue weighted by Crippen LogP contribution is -2.25. The van der Waals surface area contributed by atoms with Crippen LogP contribution in [0.15, 0.2) is 29.1 Å². The third-order valence-electron chi connectivity index (χ3n) is 4.41. The average molecular weight is 346 g/mol. The molecule has 0 aliphatic heterocycles. The fourth-order valence-electron chi connectivity index (χ4n) is 3.20. The first kappa shape index (κ1) is 14.8. The van der Waals surface area contributed by atoms with Crippen molar-refractivity contribution in [1.29, 1.82) is 0 Å². The van der Waals surface area contributed by atoms with Crippen LogP contribution < -0.4 is 5.56 Å². The molecule has 2 aromatic heterocycles. The monoisotopic (exact) mass is 345 g/mol. The second-order valence-corrected chi connectivity index (χ2v) is 7.73. The Labute approximate surface area is 142 Å². The van der Waals surface area contributed by atoms with Crippen molar-refractivity contribution in [2.75, 3.05) is 0 Å². The summed E-state index contributed by atoms with van der Waals surface area (Å²) in [6.07, 6.45) is 3.15. The summed E-state index contributed by atoms with van der Waals surface area (Å²) >= 11 is 7.64. The van der Waals surface area contributed by atoms with Crippen LogP contribution in [0.1, 0.15) is 29.3 Å². The molecule has 0 spiro atoms. The van der Waals surface area contributed by atoms with Crippen molar-refractivity contribution in [2.45, 2.75) is 32.7 Å². The Balaban J connectivity index is 1.80. The molecule has 1 aromatic carbocycles. The van der Waals surface area contributed by atoms with Gasteiger partial charge in [-0.15, -0.1) is 16.4 Å². The Bertz CT molecular complexity index is 947. The molecule has 0 N–H and O–H groups in total. The van der Waals surface area contributed by atoms with Crippen LogP contribution in [0, 0.1) is 5.92 Å². The van der Waals surface area contributed by atoms with Gasteiger partial charge >= 0.3 is 0 Å². The normalized spacial score (nSPS) is 17.4. The van der Waals surface area contributed by atoms with Crippen molar-refractivity contribution in [1.82, 2.24) is 15.0 Å². The van der Waals surface area contributed by atoms with E-state index in [1.165, 1.54) is 15.1 Å². The zero-order valence-corrected chi connectivity index (χ0v) is 14.3. The van der Waals surface area contributed by atoms with Crippen LogP contribution in [0.2, 0.25) is 5.02 Å². The highest BCUT2D eigenvalue weighted by atomic mass is 35.5. The van der Waals surface area contributed by atoms with Crippen LogP contribution in [0.25, 0.3) is 10.2 Å². The quantitative estimate of drug-likeness (QED) is 0.711. The van der Waals surface area contributed by atoms with Crippen LogP contribution in [-0.2, 0) is 19.4 Å². The summed E-state index contributed by atoms with van der Waals surface area (Å²) in [7, 11) is 0. The number of halogens is 1. The fraction of sp³-hybridized carbons (Fsp3) is 0.353. The van der Waals surface area contributed by atoms with Crippen molar-refractivity contribution >= 4 is 33.2 Å². The molecule has 6 heteroatoms. The van der Waals surface area contributed by atoms with E-state index in [0.717, 1.165) is 35.0 Å². The van der Waals surface area contributed by atoms with E-state index in [0.29, 0.717) is 17.5 Å². The van der Waals surface area contributed by atoms with E-state index in [-0.39, 0.29) is 5.56 Å². The molecule has 0 bridgehead atoms. The van der Waals surface area contributed by atoms with Crippen molar-refractivity contribution < 1.29 is 0 Å². The molecule has 1 aliphatic carbocycles. The van der Waals surface area contributed by atoms with E-state index >= 15 is 0 Å². The van der Waals surface area contributed by atoms with Gasteiger partial charge in [-0.3, -0.25) is 4.79 Å². The number of rotatable bonds is 2. The Morgan fingerprint density at radius 1 is 1.43 bits per heavy atom. The Morgan fingerprint density at radius 2 is 2.30 bits per heavy atom. The molecule has 1 aliphatic rings. The molecule has 0 saturated carbocycles. The number of hydrogen-bond acceptors (Lipinski definition) is 4. The number of aryl methyl sites for hydroxylation is 1. The van der Waals surface area contributed by atoms with Gasteiger partial charge in [0.2, 0.25) is 0 Å². The van der Waals surface area contributed by atoms with E-state index in [2.05, 4.69) is 17.2 Å². The smallest absolute Gasteiger partial charge is 0.267 e. The summed E-state index contributed by atoms with van der Waals surface area (Å²) in [4.78, 5) is 15.0. The van der Waals surface area contributed by atoms with Gasteiger partial charge in [-0.2, -0.15) is 0 Å². The largest absolute Gasteiger partial charge is 0.279 e. The SMILES string of the molecule is CC1CCc2c(sc3nnn(Cc4cccc(Cl)c4)c(=O)c23)C1. The minimum atomic E-state index is -0.0398. The molecule has 0 radical (unpaired) electrons. The van der Waals surface area contributed by atoms with Crippen LogP contribution in [-0.4, -0.2) is 15.0 Å². The summed E-state index contributed by atoms with van der Waals surface area (Å²) in [6, 6.07) is 7.49. The second kappa shape index (κ2) is 5.73. The lowest BCUT2D eigenvalue weighted by molar-refractivity contribution is 0.508. The summed E-state index contributed by atoms with van der Waals surface area (Å²) in [5, 5.41) is 9.84. The van der Waals surface area contributed by atoms with Gasteiger partial charge in [0.25, 0.3) is 5.56 Å². The predicted octanol–water partition coefficient (Wildman–Crippen LogP) is 3.68. The van der Waals surface area contributed by atoms with Gasteiger partial charge in [0.1, 0.15) is 0 Å². The molecular weight excluding hydrogens is 330 g/mol. The molecule has 4 rings (SSSR count). The van der Waals surface area contributed by atoms with E-state index in [4.69, 9.17) is 11.6 Å². The summed E-state index contributed by atoms with van der Waals surface area (Å²) in [6.45, 7) is 2.65. The van der Waals surface area contributed by atoms with E-state index in [1.807, 2.05) is 24.3 Å². The third kappa shape index (κ3) is 2.68. The van der Waals surface area contributed by atoms with Gasteiger partial charge in [-0.1, -0.05) is 35.9 Å². The van der Waals surface area contributed by atoms with Gasteiger partial charge in [0.15, 0.2) is 4.83 Å². The molecule has 1 unspecified atom stereocenters. The number of thiophene rings is 1. The Morgan fingerprint density at radius 3 is 3.13 bits per heavy atom. The number of aromatic nitrogens is 3. The maximum atomic E-state index is 12.9. The second-order valence-electron chi connectivity index (χ2n) is 6.21. The first-order valence-corrected chi connectivity index (χ1v) is 8.94. The molecule has 0 amide bonds. The minimum Gasteiger partial charge on any atom is -0.267 e. The number of fused-ring (bicyclic) bond motifs is 3. The number of benzene rings is 1. The fourth-order valence-corrected chi connectivity index (χ4v) is 4.73. The van der Waals surface area contributed by atoms with Crippen molar-refractivity contribution in [3.8, 4) is 0 Å². The zero-order valence-electron chi connectivity index (χ0n) is 12.8. The maximum absolute atomic E-state index is 12.9. The minimum absolute atomic E-state index is 0.0398. The topological polar surface area (TPSA) is 47.8 Å². The Hall–Kier alpha value is -1.72. The van der Waals surface area contributed by atoms with E-state index in [9.17, 15) is 4.79 Å². The molecular formula is C17H16ClN3OS. The molecule has 3 aromatic rings. The standard InChI is InChI=1S/C17H16ClN3OS/c1-10-5-6-13-14(7-10)23-16-15(13)17(22)21(20-19-16)9-11-3-2-4-12(18)8-11/h2-4,8,10H,5-7,9H2,1H3. The highest BCUT2D eigenvalue weighted by molar-refractivity contribution is 7.18. The van der Waals surface area contributed by atoms with Crippen LogP contribution in [0.4, 0.5) is 0 Å². The first-order chi connectivity index (χ1) is 11.1. The Kier molecular flexibility index (Phi) is 3.70. The van der Waals surface area contributed by atoms with Gasteiger partial charge in [0.05, 0.1) is 11.9 Å². The third-order valence-corrected chi connectivity index (χ3v) is 5.78. The van der Waals surface area contributed by atoms with E-state index < -0.39 is 0 Å². The van der Waals surface area contributed by atoms with Crippen molar-refractivity contribution in [3.63, 3.8) is 0 Å². The lowest BCUT2D eigenvalue weighted by Gasteiger charge is -2.17. The first-order valence-electron chi connectivity index (χ1n) is 7.74. The molecule has 23 heavy (non-hydrogen) atoms. The van der Waals surface area contributed by atoms with Crippen molar-refractivity contribution in [2.24, 2.45) is 5.92 Å². The van der Waals surface area contributed by atoms with Crippen LogP contribution in [0.5, 0.6) is 0 Å². The van der Waals surface area contributed by atoms with Crippen LogP contribution >= 0.6 is 22.9 Å². The summed E-state index contributed by atoms with van der Waals surface area (Å²) in [5.74, 6) is 0.678. The molecule has 2 heterocycles. The van der Waals surface area contributed by atoms with E-state index in [1.54, 1.807) is 11.3 Å². The van der Waals surface area contributed by atoms with Crippen molar-refractivity contribution in [3.05, 3.63) is 55.6 Å². The van der Waals surface area contributed by atoms with Crippen LogP contribution in [0.3, 0.4) is 0 Å². The molecule has 4 nitrogen and oxygen atoms in total. The molecule has 0 fully saturated rings. The zero-order chi connectivity index (χ0) is 16.0. The number of hydrogen-bond donors (Lipinski definition) is 0. The number of nitrogens with zero attached hydrogens (tertiary/aromatic N) is 3. The summed E-state index contributed by atoms with van der Waals surface area (Å²) < 4.78 is 1.44. The van der Waals surface area contributed by atoms with Gasteiger partial charge in [-0.05, 0) is 48.4 Å². The molecule has 118 valence electrons. The van der Waals surface area contributed by atoms with Gasteiger partial charge < -0.3 is 0 Å². The summed E-state index contributed by atoms with van der Waals surface area (Å²) in [5.41, 5.74) is 2.11. The highest BCUT2D eigenvalue weighted by Crippen LogP contribution is 2.35.